The van der Waals surface area contributed by atoms with Crippen LogP contribution in [0.2, 0.25) is 0 Å². The van der Waals surface area contributed by atoms with Gasteiger partial charge in [-0.3, -0.25) is 0 Å². The molecule has 0 heterocycles. The molecule has 3 rings (SSSR count). The first-order valence-corrected chi connectivity index (χ1v) is 7.23. The molecule has 110 valence electrons. The second-order valence-corrected chi connectivity index (χ2v) is 5.43. The number of benzene rings is 2. The van der Waals surface area contributed by atoms with E-state index in [4.69, 9.17) is 20.9 Å². The first kappa shape index (κ1) is 13.6. The lowest BCUT2D eigenvalue weighted by atomic mass is 10.2. The van der Waals surface area contributed by atoms with Gasteiger partial charge in [-0.25, -0.2) is 0 Å². The van der Waals surface area contributed by atoms with Crippen molar-refractivity contribution in [1.29, 1.82) is 0 Å². The summed E-state index contributed by atoms with van der Waals surface area (Å²) >= 11 is 0. The zero-order valence-corrected chi connectivity index (χ0v) is 11.9. The first-order valence-electron chi connectivity index (χ1n) is 7.23. The van der Waals surface area contributed by atoms with E-state index in [1.807, 2.05) is 48.5 Å². The lowest BCUT2D eigenvalue weighted by Gasteiger charge is -2.15. The van der Waals surface area contributed by atoms with Gasteiger partial charge in [-0.05, 0) is 61.4 Å². The van der Waals surface area contributed by atoms with E-state index in [0.717, 1.165) is 42.1 Å². The highest BCUT2D eigenvalue weighted by Crippen LogP contribution is 2.28. The van der Waals surface area contributed by atoms with Crippen molar-refractivity contribution in [2.75, 3.05) is 11.5 Å². The smallest absolute Gasteiger partial charge is 0.119 e. The van der Waals surface area contributed by atoms with E-state index in [1.54, 1.807) is 0 Å². The van der Waals surface area contributed by atoms with E-state index in [2.05, 4.69) is 0 Å². The number of hydrogen-bond acceptors (Lipinski definition) is 4. The molecule has 0 aliphatic heterocycles. The molecule has 1 aliphatic carbocycles. The van der Waals surface area contributed by atoms with Crippen LogP contribution in [0.15, 0.2) is 48.5 Å². The molecule has 2 unspecified atom stereocenters. The molecule has 4 N–H and O–H groups in total. The van der Waals surface area contributed by atoms with Gasteiger partial charge in [-0.15, -0.1) is 0 Å². The summed E-state index contributed by atoms with van der Waals surface area (Å²) < 4.78 is 11.9. The van der Waals surface area contributed by atoms with Gasteiger partial charge in [-0.1, -0.05) is 0 Å². The molecule has 2 aromatic carbocycles. The van der Waals surface area contributed by atoms with Crippen LogP contribution in [0, 0.1) is 0 Å². The van der Waals surface area contributed by atoms with Crippen LogP contribution < -0.4 is 20.9 Å². The van der Waals surface area contributed by atoms with Crippen molar-refractivity contribution < 1.29 is 9.47 Å². The highest BCUT2D eigenvalue weighted by Gasteiger charge is 2.27. The normalized spacial score (nSPS) is 21.1. The highest BCUT2D eigenvalue weighted by atomic mass is 16.5. The summed E-state index contributed by atoms with van der Waals surface area (Å²) in [5.74, 6) is 1.73. The molecule has 0 radical (unpaired) electrons. The number of anilines is 2. The van der Waals surface area contributed by atoms with E-state index < -0.39 is 0 Å². The van der Waals surface area contributed by atoms with E-state index in [1.165, 1.54) is 0 Å². The van der Waals surface area contributed by atoms with Crippen LogP contribution in [-0.2, 0) is 0 Å². The van der Waals surface area contributed by atoms with Crippen LogP contribution in [-0.4, -0.2) is 12.2 Å². The fourth-order valence-electron chi connectivity index (χ4n) is 2.59. The lowest BCUT2D eigenvalue weighted by molar-refractivity contribution is 0.166. The van der Waals surface area contributed by atoms with Crippen LogP contribution in [0.4, 0.5) is 11.4 Å². The SMILES string of the molecule is Nc1ccc(OC2CCC(Oc3ccc(N)cc3)C2)cc1. The van der Waals surface area contributed by atoms with E-state index in [9.17, 15) is 0 Å². The first-order chi connectivity index (χ1) is 10.2. The maximum atomic E-state index is 5.96. The molecule has 1 aliphatic rings. The van der Waals surface area contributed by atoms with E-state index >= 15 is 0 Å². The Morgan fingerprint density at radius 2 is 1.05 bits per heavy atom. The zero-order chi connectivity index (χ0) is 14.7. The van der Waals surface area contributed by atoms with Crippen molar-refractivity contribution in [3.63, 3.8) is 0 Å². The molecule has 0 saturated heterocycles. The van der Waals surface area contributed by atoms with Gasteiger partial charge in [0, 0.05) is 17.8 Å². The Hall–Kier alpha value is -2.36. The summed E-state index contributed by atoms with van der Waals surface area (Å²) in [6.07, 6.45) is 3.31. The van der Waals surface area contributed by atoms with Crippen molar-refractivity contribution in [2.24, 2.45) is 0 Å². The van der Waals surface area contributed by atoms with E-state index in [0.29, 0.717) is 0 Å². The number of hydrogen-bond donors (Lipinski definition) is 2. The third-order valence-electron chi connectivity index (χ3n) is 3.70. The van der Waals surface area contributed by atoms with Gasteiger partial charge in [0.1, 0.15) is 23.7 Å². The molecule has 2 aromatic rings. The predicted molar refractivity (Wildman–Crippen MR) is 84.4 cm³/mol. The third-order valence-corrected chi connectivity index (χ3v) is 3.70. The fraction of sp³-hybridized carbons (Fsp3) is 0.294. The molecule has 21 heavy (non-hydrogen) atoms. The van der Waals surface area contributed by atoms with Crippen LogP contribution in [0.5, 0.6) is 11.5 Å². The Morgan fingerprint density at radius 3 is 1.43 bits per heavy atom. The fourth-order valence-corrected chi connectivity index (χ4v) is 2.59. The van der Waals surface area contributed by atoms with Crippen LogP contribution in [0.1, 0.15) is 19.3 Å². The topological polar surface area (TPSA) is 70.5 Å². The van der Waals surface area contributed by atoms with Crippen molar-refractivity contribution in [2.45, 2.75) is 31.5 Å². The molecule has 1 saturated carbocycles. The minimum Gasteiger partial charge on any atom is -0.490 e. The number of nitrogen functional groups attached to an aromatic ring is 2. The van der Waals surface area contributed by atoms with Crippen molar-refractivity contribution in [3.8, 4) is 11.5 Å². The van der Waals surface area contributed by atoms with Crippen molar-refractivity contribution in [1.82, 2.24) is 0 Å². The second-order valence-electron chi connectivity index (χ2n) is 5.43. The van der Waals surface area contributed by atoms with Gasteiger partial charge in [0.05, 0.1) is 0 Å². The Morgan fingerprint density at radius 1 is 0.667 bits per heavy atom. The van der Waals surface area contributed by atoms with Gasteiger partial charge < -0.3 is 20.9 Å². The average Bonchev–Trinajstić information content (AvgIpc) is 2.91. The van der Waals surface area contributed by atoms with Gasteiger partial charge in [0.25, 0.3) is 0 Å². The van der Waals surface area contributed by atoms with Crippen molar-refractivity contribution >= 4 is 11.4 Å². The minimum atomic E-state index is 0.201. The summed E-state index contributed by atoms with van der Waals surface area (Å²) in [7, 11) is 0. The minimum absolute atomic E-state index is 0.201. The van der Waals surface area contributed by atoms with Crippen LogP contribution >= 0.6 is 0 Å². The van der Waals surface area contributed by atoms with Gasteiger partial charge in [-0.2, -0.15) is 0 Å². The Bertz CT molecular complexity index is 527. The maximum Gasteiger partial charge on any atom is 0.119 e. The van der Waals surface area contributed by atoms with E-state index in [-0.39, 0.29) is 12.2 Å². The number of ether oxygens (including phenoxy) is 2. The van der Waals surface area contributed by atoms with Gasteiger partial charge >= 0.3 is 0 Å². The number of rotatable bonds is 4. The van der Waals surface area contributed by atoms with Gasteiger partial charge in [0.2, 0.25) is 0 Å². The summed E-state index contributed by atoms with van der Waals surface area (Å²) in [4.78, 5) is 0. The van der Waals surface area contributed by atoms with Gasteiger partial charge in [0.15, 0.2) is 0 Å². The van der Waals surface area contributed by atoms with Crippen LogP contribution in [0.3, 0.4) is 0 Å². The Labute approximate surface area is 124 Å². The molecule has 0 spiro atoms. The Balaban J connectivity index is 1.53. The highest BCUT2D eigenvalue weighted by molar-refractivity contribution is 5.42. The number of nitrogens with two attached hydrogens (primary N) is 2. The lowest BCUT2D eigenvalue weighted by Crippen LogP contribution is -2.17. The average molecular weight is 284 g/mol. The summed E-state index contributed by atoms with van der Waals surface area (Å²) in [5, 5.41) is 0. The molecule has 0 aromatic heterocycles. The molecule has 1 fully saturated rings. The molecule has 4 heteroatoms. The Kier molecular flexibility index (Phi) is 3.86. The summed E-state index contributed by atoms with van der Waals surface area (Å²) in [6, 6.07) is 15.0. The summed E-state index contributed by atoms with van der Waals surface area (Å²) in [6.45, 7) is 0. The molecular formula is C17H20N2O2. The summed E-state index contributed by atoms with van der Waals surface area (Å²) in [5.41, 5.74) is 12.8. The monoisotopic (exact) mass is 284 g/mol. The van der Waals surface area contributed by atoms with Crippen LogP contribution in [0.25, 0.3) is 0 Å². The maximum absolute atomic E-state index is 5.96. The molecule has 0 bridgehead atoms. The molecule has 2 atom stereocenters. The quantitative estimate of drug-likeness (QED) is 0.846. The molecule has 4 nitrogen and oxygen atoms in total. The third kappa shape index (κ3) is 3.60. The zero-order valence-electron chi connectivity index (χ0n) is 11.9. The van der Waals surface area contributed by atoms with Crippen molar-refractivity contribution in [3.05, 3.63) is 48.5 Å². The second kappa shape index (κ2) is 5.95. The molecular weight excluding hydrogens is 264 g/mol. The predicted octanol–water partition coefficient (Wildman–Crippen LogP) is 3.23. The standard InChI is InChI=1S/C17H20N2O2/c18-12-1-5-14(6-2-12)20-16-9-10-17(11-16)21-15-7-3-13(19)4-8-15/h1-8,16-17H,9-11,18-19H2. The largest absolute Gasteiger partial charge is 0.490 e. The molecule has 0 amide bonds.